The molecule has 1 amide bonds. The monoisotopic (exact) mass is 411 g/mol. The maximum absolute atomic E-state index is 12.3. The molecule has 1 atom stereocenters. The number of halogens is 1. The predicted molar refractivity (Wildman–Crippen MR) is 95.9 cm³/mol. The molecule has 1 aromatic heterocycles. The van der Waals surface area contributed by atoms with Crippen LogP contribution in [0.5, 0.6) is 5.75 Å². The molecule has 1 unspecified atom stereocenters. The number of anilines is 1. The van der Waals surface area contributed by atoms with Crippen LogP contribution in [0, 0.1) is 0 Å². The molecule has 1 N–H and O–H groups in total. The Kier molecular flexibility index (Phi) is 5.80. The molecular weight excluding hydrogens is 394 g/mol. The molecule has 8 heteroatoms. The number of benzene rings is 1. The molecule has 24 heavy (non-hydrogen) atoms. The zero-order valence-corrected chi connectivity index (χ0v) is 15.7. The molecule has 3 rings (SSSR count). The maximum Gasteiger partial charge on any atom is 0.257 e. The molecule has 0 spiro atoms. The van der Waals surface area contributed by atoms with Crippen molar-refractivity contribution >= 4 is 38.3 Å². The summed E-state index contributed by atoms with van der Waals surface area (Å²) in [6.07, 6.45) is 3.07. The highest BCUT2D eigenvalue weighted by molar-refractivity contribution is 9.10. The van der Waals surface area contributed by atoms with Crippen LogP contribution in [0.1, 0.15) is 35.1 Å². The second kappa shape index (κ2) is 8.04. The van der Waals surface area contributed by atoms with Gasteiger partial charge < -0.3 is 9.47 Å². The number of amides is 1. The van der Waals surface area contributed by atoms with Crippen LogP contribution in [-0.2, 0) is 11.2 Å². The lowest BCUT2D eigenvalue weighted by molar-refractivity contribution is 0.0677. The Labute approximate surface area is 152 Å². The Morgan fingerprint density at radius 3 is 3.04 bits per heavy atom. The minimum Gasteiger partial charge on any atom is -0.490 e. The smallest absolute Gasteiger partial charge is 0.257 e. The van der Waals surface area contributed by atoms with Crippen molar-refractivity contribution in [3.63, 3.8) is 0 Å². The van der Waals surface area contributed by atoms with Crippen LogP contribution in [0.4, 0.5) is 5.13 Å². The van der Waals surface area contributed by atoms with Gasteiger partial charge in [0.25, 0.3) is 5.91 Å². The predicted octanol–water partition coefficient (Wildman–Crippen LogP) is 3.67. The Bertz CT molecular complexity index is 716. The summed E-state index contributed by atoms with van der Waals surface area (Å²) in [6, 6.07) is 5.25. The molecule has 2 heterocycles. The molecule has 2 aromatic rings. The summed E-state index contributed by atoms with van der Waals surface area (Å²) in [4.78, 5) is 12.3. The number of aryl methyl sites for hydroxylation is 1. The minimum absolute atomic E-state index is 0.157. The van der Waals surface area contributed by atoms with Crippen molar-refractivity contribution in [3.05, 3.63) is 33.2 Å². The first-order chi connectivity index (χ1) is 11.7. The van der Waals surface area contributed by atoms with E-state index in [2.05, 4.69) is 31.4 Å². The molecule has 1 aliphatic rings. The number of rotatable bonds is 6. The molecule has 0 radical (unpaired) electrons. The number of nitrogens with zero attached hydrogens (tertiary/aromatic N) is 2. The number of nitrogens with one attached hydrogen (secondary N) is 1. The summed E-state index contributed by atoms with van der Waals surface area (Å²) < 4.78 is 12.0. The molecule has 6 nitrogen and oxygen atoms in total. The van der Waals surface area contributed by atoms with Crippen LogP contribution >= 0.6 is 27.3 Å². The average molecular weight is 412 g/mol. The van der Waals surface area contributed by atoms with E-state index in [0.29, 0.717) is 23.1 Å². The van der Waals surface area contributed by atoms with Gasteiger partial charge >= 0.3 is 0 Å². The van der Waals surface area contributed by atoms with Gasteiger partial charge in [0.2, 0.25) is 5.13 Å². The lowest BCUT2D eigenvalue weighted by Gasteiger charge is -2.13. The van der Waals surface area contributed by atoms with E-state index in [1.54, 1.807) is 18.2 Å². The number of aromatic nitrogens is 2. The van der Waals surface area contributed by atoms with Crippen LogP contribution in [0.3, 0.4) is 0 Å². The number of ether oxygens (including phenoxy) is 2. The number of hydrogen-bond acceptors (Lipinski definition) is 6. The van der Waals surface area contributed by atoms with E-state index >= 15 is 0 Å². The molecule has 1 fully saturated rings. The second-order valence-electron chi connectivity index (χ2n) is 5.40. The normalized spacial score (nSPS) is 17.0. The lowest BCUT2D eigenvalue weighted by atomic mass is 10.2. The van der Waals surface area contributed by atoms with Gasteiger partial charge in [-0.05, 0) is 53.4 Å². The van der Waals surface area contributed by atoms with Gasteiger partial charge in [-0.1, -0.05) is 18.3 Å². The van der Waals surface area contributed by atoms with Gasteiger partial charge in [0, 0.05) is 12.2 Å². The molecule has 1 saturated heterocycles. The topological polar surface area (TPSA) is 73.3 Å². The summed E-state index contributed by atoms with van der Waals surface area (Å²) >= 11 is 4.84. The molecular formula is C16H18BrN3O3S. The summed E-state index contributed by atoms with van der Waals surface area (Å²) in [5, 5.41) is 12.1. The third kappa shape index (κ3) is 4.31. The van der Waals surface area contributed by atoms with Crippen LogP contribution < -0.4 is 10.1 Å². The van der Waals surface area contributed by atoms with Gasteiger partial charge in [-0.2, -0.15) is 0 Å². The number of carbonyl (C=O) groups excluding carboxylic acids is 1. The number of hydrogen-bond donors (Lipinski definition) is 1. The van der Waals surface area contributed by atoms with Crippen molar-refractivity contribution in [2.45, 2.75) is 32.3 Å². The summed E-state index contributed by atoms with van der Waals surface area (Å²) in [5.74, 6) is 0.478. The SMILES string of the molecule is CCc1nnc(NC(=O)c2ccc(OCC3CCCO3)c(Br)c2)s1. The Hall–Kier alpha value is -1.51. The third-order valence-corrected chi connectivity index (χ3v) is 5.24. The highest BCUT2D eigenvalue weighted by Gasteiger charge is 2.17. The highest BCUT2D eigenvalue weighted by atomic mass is 79.9. The standard InChI is InChI=1S/C16H18BrN3O3S/c1-2-14-19-20-16(24-14)18-15(21)10-5-6-13(12(17)8-10)23-9-11-4-3-7-22-11/h5-6,8,11H,2-4,7,9H2,1H3,(H,18,20,21). The molecule has 0 aliphatic carbocycles. The fraction of sp³-hybridized carbons (Fsp3) is 0.438. The number of carbonyl (C=O) groups is 1. The Balaban J connectivity index is 1.61. The van der Waals surface area contributed by atoms with Crippen LogP contribution in [-0.4, -0.2) is 35.4 Å². The van der Waals surface area contributed by atoms with Crippen molar-refractivity contribution in [2.75, 3.05) is 18.5 Å². The Morgan fingerprint density at radius 2 is 2.38 bits per heavy atom. The molecule has 0 bridgehead atoms. The van der Waals surface area contributed by atoms with Crippen LogP contribution in [0.2, 0.25) is 0 Å². The molecule has 128 valence electrons. The van der Waals surface area contributed by atoms with Crippen molar-refractivity contribution in [1.29, 1.82) is 0 Å². The zero-order chi connectivity index (χ0) is 16.9. The first-order valence-corrected chi connectivity index (χ1v) is 9.44. The van der Waals surface area contributed by atoms with Gasteiger partial charge in [-0.3, -0.25) is 10.1 Å². The minimum atomic E-state index is -0.222. The van der Waals surface area contributed by atoms with E-state index in [4.69, 9.17) is 9.47 Å². The first-order valence-electron chi connectivity index (χ1n) is 7.83. The largest absolute Gasteiger partial charge is 0.490 e. The fourth-order valence-corrected chi connectivity index (χ4v) is 3.50. The fourth-order valence-electron chi connectivity index (χ4n) is 2.33. The highest BCUT2D eigenvalue weighted by Crippen LogP contribution is 2.27. The van der Waals surface area contributed by atoms with Crippen molar-refractivity contribution in [3.8, 4) is 5.75 Å². The molecule has 1 aromatic carbocycles. The van der Waals surface area contributed by atoms with E-state index in [-0.39, 0.29) is 12.0 Å². The molecule has 0 saturated carbocycles. The summed E-state index contributed by atoms with van der Waals surface area (Å²) in [5.41, 5.74) is 0.527. The quantitative estimate of drug-likeness (QED) is 0.784. The maximum atomic E-state index is 12.3. The Morgan fingerprint density at radius 1 is 1.50 bits per heavy atom. The molecule has 1 aliphatic heterocycles. The van der Waals surface area contributed by atoms with E-state index in [1.807, 2.05) is 6.92 Å². The van der Waals surface area contributed by atoms with E-state index in [9.17, 15) is 4.79 Å². The van der Waals surface area contributed by atoms with Crippen molar-refractivity contribution in [1.82, 2.24) is 10.2 Å². The van der Waals surface area contributed by atoms with Crippen molar-refractivity contribution < 1.29 is 14.3 Å². The van der Waals surface area contributed by atoms with Gasteiger partial charge in [0.15, 0.2) is 0 Å². The summed E-state index contributed by atoms with van der Waals surface area (Å²) in [7, 11) is 0. The van der Waals surface area contributed by atoms with Crippen molar-refractivity contribution in [2.24, 2.45) is 0 Å². The van der Waals surface area contributed by atoms with Crippen LogP contribution in [0.15, 0.2) is 22.7 Å². The lowest BCUT2D eigenvalue weighted by Crippen LogP contribution is -2.16. The van der Waals surface area contributed by atoms with Gasteiger partial charge in [0.1, 0.15) is 17.4 Å². The van der Waals surface area contributed by atoms with E-state index < -0.39 is 0 Å². The average Bonchev–Trinajstić information content (AvgIpc) is 3.25. The van der Waals surface area contributed by atoms with Gasteiger partial charge in [-0.15, -0.1) is 10.2 Å². The van der Waals surface area contributed by atoms with Gasteiger partial charge in [-0.25, -0.2) is 0 Å². The van der Waals surface area contributed by atoms with E-state index in [0.717, 1.165) is 35.3 Å². The van der Waals surface area contributed by atoms with E-state index in [1.165, 1.54) is 11.3 Å². The van der Waals surface area contributed by atoms with Gasteiger partial charge in [0.05, 0.1) is 10.6 Å². The first kappa shape index (κ1) is 17.3. The second-order valence-corrected chi connectivity index (χ2v) is 7.32. The van der Waals surface area contributed by atoms with Crippen LogP contribution in [0.25, 0.3) is 0 Å². The third-order valence-electron chi connectivity index (χ3n) is 3.63. The zero-order valence-electron chi connectivity index (χ0n) is 13.3. The summed E-state index contributed by atoms with van der Waals surface area (Å²) in [6.45, 7) is 3.33.